The Morgan fingerprint density at radius 2 is 0.526 bits per heavy atom. The molecule has 0 spiro atoms. The molecule has 3 heterocycles. The number of hydrogen-bond acceptors (Lipinski definition) is 4. The predicted molar refractivity (Wildman–Crippen MR) is 77.7 cm³/mol. The average Bonchev–Trinajstić information content (AvgIpc) is 2.54. The molecule has 0 saturated carbocycles. The van der Waals surface area contributed by atoms with Crippen molar-refractivity contribution in [3.05, 3.63) is 91.8 Å². The fourth-order valence-corrected chi connectivity index (χ4v) is 0.938. The van der Waals surface area contributed by atoms with Gasteiger partial charge in [0.25, 0.3) is 0 Å². The molecule has 3 aromatic heterocycles. The molecule has 98 valence electrons. The number of rotatable bonds is 0. The zero-order valence-electron chi connectivity index (χ0n) is 10.7. The molecule has 0 aromatic carbocycles. The van der Waals surface area contributed by atoms with Gasteiger partial charge in [-0.2, -0.15) is 0 Å². The van der Waals surface area contributed by atoms with Gasteiger partial charge in [0.2, 0.25) is 0 Å². The second kappa shape index (κ2) is 13.5. The monoisotopic (exact) mass is 254 g/mol. The molecular formula is C15H18N4. The summed E-state index contributed by atoms with van der Waals surface area (Å²) >= 11 is 0. The molecule has 0 aliphatic heterocycles. The zero-order valence-corrected chi connectivity index (χ0v) is 10.7. The highest BCUT2D eigenvalue weighted by Crippen LogP contribution is 1.74. The lowest BCUT2D eigenvalue weighted by atomic mass is 10.5. The molecule has 0 saturated heterocycles. The summed E-state index contributed by atoms with van der Waals surface area (Å²) in [6.07, 6.45) is 10.5. The van der Waals surface area contributed by atoms with Gasteiger partial charge in [-0.3, -0.25) is 15.0 Å². The molecule has 0 atom stereocenters. The number of aromatic nitrogens is 3. The zero-order chi connectivity index (χ0) is 12.7. The van der Waals surface area contributed by atoms with Gasteiger partial charge in [0, 0.05) is 37.2 Å². The van der Waals surface area contributed by atoms with Crippen molar-refractivity contribution in [1.29, 1.82) is 0 Å². The van der Waals surface area contributed by atoms with Gasteiger partial charge in [-0.05, 0) is 36.4 Å². The minimum absolute atomic E-state index is 0. The van der Waals surface area contributed by atoms with Crippen LogP contribution < -0.4 is 6.15 Å². The van der Waals surface area contributed by atoms with Crippen molar-refractivity contribution in [1.82, 2.24) is 21.1 Å². The molecule has 19 heavy (non-hydrogen) atoms. The molecule has 0 fully saturated rings. The summed E-state index contributed by atoms with van der Waals surface area (Å²) in [6, 6.07) is 17.1. The van der Waals surface area contributed by atoms with Gasteiger partial charge in [0.15, 0.2) is 0 Å². The Morgan fingerprint density at radius 1 is 0.316 bits per heavy atom. The van der Waals surface area contributed by atoms with Gasteiger partial charge >= 0.3 is 0 Å². The third-order valence-electron chi connectivity index (χ3n) is 1.70. The van der Waals surface area contributed by atoms with Crippen LogP contribution in [0.4, 0.5) is 0 Å². The summed E-state index contributed by atoms with van der Waals surface area (Å²) in [7, 11) is 0. The maximum Gasteiger partial charge on any atom is 0.0267 e. The Balaban J connectivity index is 0.000000249. The van der Waals surface area contributed by atoms with Gasteiger partial charge in [-0.1, -0.05) is 18.2 Å². The number of nitrogens with zero attached hydrogens (tertiary/aromatic N) is 3. The molecule has 0 unspecified atom stereocenters. The third-order valence-corrected chi connectivity index (χ3v) is 1.70. The van der Waals surface area contributed by atoms with Gasteiger partial charge < -0.3 is 6.15 Å². The molecule has 0 radical (unpaired) electrons. The van der Waals surface area contributed by atoms with Crippen molar-refractivity contribution >= 4 is 0 Å². The molecule has 0 amide bonds. The van der Waals surface area contributed by atoms with E-state index in [1.165, 1.54) is 0 Å². The highest BCUT2D eigenvalue weighted by molar-refractivity contribution is 4.89. The summed E-state index contributed by atoms with van der Waals surface area (Å²) in [5.74, 6) is 0. The Kier molecular flexibility index (Phi) is 11.6. The lowest BCUT2D eigenvalue weighted by molar-refractivity contribution is 1.33. The van der Waals surface area contributed by atoms with Crippen LogP contribution in [0.25, 0.3) is 0 Å². The van der Waals surface area contributed by atoms with Crippen molar-refractivity contribution in [2.24, 2.45) is 0 Å². The van der Waals surface area contributed by atoms with Crippen LogP contribution >= 0.6 is 0 Å². The summed E-state index contributed by atoms with van der Waals surface area (Å²) in [4.78, 5) is 11.4. The number of hydrogen-bond donors (Lipinski definition) is 1. The van der Waals surface area contributed by atoms with Crippen molar-refractivity contribution in [3.8, 4) is 0 Å². The van der Waals surface area contributed by atoms with E-state index < -0.39 is 0 Å². The topological polar surface area (TPSA) is 73.7 Å². The van der Waals surface area contributed by atoms with Crippen LogP contribution in [0.2, 0.25) is 0 Å². The van der Waals surface area contributed by atoms with Crippen LogP contribution in [0.15, 0.2) is 91.8 Å². The fraction of sp³-hybridized carbons (Fsp3) is 0. The van der Waals surface area contributed by atoms with Gasteiger partial charge in [0.05, 0.1) is 0 Å². The maximum atomic E-state index is 3.78. The minimum Gasteiger partial charge on any atom is -0.344 e. The Labute approximate surface area is 113 Å². The molecule has 0 aliphatic rings. The quantitative estimate of drug-likeness (QED) is 0.667. The summed E-state index contributed by atoms with van der Waals surface area (Å²) < 4.78 is 0. The smallest absolute Gasteiger partial charge is 0.0267 e. The van der Waals surface area contributed by atoms with Crippen LogP contribution in [-0.2, 0) is 0 Å². The molecule has 4 heteroatoms. The minimum atomic E-state index is 0. The Hall–Kier alpha value is -2.59. The third kappa shape index (κ3) is 11.7. The lowest BCUT2D eigenvalue weighted by Gasteiger charge is -1.70. The molecule has 3 aromatic rings. The molecule has 4 nitrogen and oxygen atoms in total. The maximum absolute atomic E-state index is 3.78. The average molecular weight is 254 g/mol. The van der Waals surface area contributed by atoms with Crippen LogP contribution in [0.3, 0.4) is 0 Å². The normalized spacial score (nSPS) is 7.58. The van der Waals surface area contributed by atoms with E-state index in [-0.39, 0.29) is 6.15 Å². The largest absolute Gasteiger partial charge is 0.344 e. The Morgan fingerprint density at radius 3 is 0.579 bits per heavy atom. The molecule has 0 bridgehead atoms. The van der Waals surface area contributed by atoms with E-state index in [0.29, 0.717) is 0 Å². The fourth-order valence-electron chi connectivity index (χ4n) is 0.938. The van der Waals surface area contributed by atoms with Gasteiger partial charge in [0.1, 0.15) is 0 Å². The van der Waals surface area contributed by atoms with Crippen LogP contribution in [0, 0.1) is 0 Å². The first kappa shape index (κ1) is 16.4. The summed E-state index contributed by atoms with van der Waals surface area (Å²) in [5, 5.41) is 0. The second-order valence-electron chi connectivity index (χ2n) is 3.07. The van der Waals surface area contributed by atoms with E-state index in [2.05, 4.69) is 15.0 Å². The predicted octanol–water partition coefficient (Wildman–Crippen LogP) is 3.41. The van der Waals surface area contributed by atoms with E-state index in [0.717, 1.165) is 0 Å². The molecule has 3 rings (SSSR count). The van der Waals surface area contributed by atoms with Crippen molar-refractivity contribution < 1.29 is 0 Å². The highest BCUT2D eigenvalue weighted by Gasteiger charge is 1.59. The molecular weight excluding hydrogens is 236 g/mol. The van der Waals surface area contributed by atoms with Gasteiger partial charge in [-0.25, -0.2) is 0 Å². The van der Waals surface area contributed by atoms with Gasteiger partial charge in [-0.15, -0.1) is 0 Å². The van der Waals surface area contributed by atoms with E-state index >= 15 is 0 Å². The summed E-state index contributed by atoms with van der Waals surface area (Å²) in [6.45, 7) is 0. The Bertz CT molecular complexity index is 305. The van der Waals surface area contributed by atoms with E-state index in [9.17, 15) is 0 Å². The summed E-state index contributed by atoms with van der Waals surface area (Å²) in [5.41, 5.74) is 0. The standard InChI is InChI=1S/3C5H5N.H3N/c3*1-2-4-6-5-3-1;/h3*1-5H;1H3. The number of pyridine rings is 3. The lowest BCUT2D eigenvalue weighted by Crippen LogP contribution is -1.58. The first-order chi connectivity index (χ1) is 9.00. The van der Waals surface area contributed by atoms with Crippen LogP contribution in [-0.4, -0.2) is 15.0 Å². The van der Waals surface area contributed by atoms with Crippen molar-refractivity contribution in [3.63, 3.8) is 0 Å². The van der Waals surface area contributed by atoms with Crippen LogP contribution in [0.5, 0.6) is 0 Å². The van der Waals surface area contributed by atoms with Crippen molar-refractivity contribution in [2.75, 3.05) is 0 Å². The van der Waals surface area contributed by atoms with Crippen molar-refractivity contribution in [2.45, 2.75) is 0 Å². The molecule has 0 aliphatic carbocycles. The van der Waals surface area contributed by atoms with Crippen LogP contribution in [0.1, 0.15) is 0 Å². The first-order valence-electron chi connectivity index (χ1n) is 5.55. The van der Waals surface area contributed by atoms with E-state index in [4.69, 9.17) is 0 Å². The second-order valence-corrected chi connectivity index (χ2v) is 3.07. The van der Waals surface area contributed by atoms with E-state index in [1.807, 2.05) is 54.6 Å². The first-order valence-corrected chi connectivity index (χ1v) is 5.55. The molecule has 3 N–H and O–H groups in total. The SMILES string of the molecule is N.c1ccncc1.c1ccncc1.c1ccncc1. The van der Waals surface area contributed by atoms with E-state index in [1.54, 1.807) is 37.2 Å². The highest BCUT2D eigenvalue weighted by atomic mass is 14.6.